The van der Waals surface area contributed by atoms with Gasteiger partial charge in [-0.15, -0.1) is 0 Å². The molecular formula is C44H63N8O2S2+. The first-order valence-electron chi connectivity index (χ1n) is 19.1. The normalized spacial score (nSPS) is 13.0. The lowest BCUT2D eigenvalue weighted by Gasteiger charge is -2.24. The maximum Gasteiger partial charge on any atom is 0.240 e. The molecule has 2 amide bonds. The highest BCUT2D eigenvalue weighted by Crippen LogP contribution is 2.23. The maximum absolute atomic E-state index is 12.9. The molecule has 0 aliphatic carbocycles. The van der Waals surface area contributed by atoms with E-state index in [1.807, 2.05) is 50.3 Å². The molecule has 2 aromatic carbocycles. The van der Waals surface area contributed by atoms with Gasteiger partial charge in [-0.2, -0.15) is 0 Å². The van der Waals surface area contributed by atoms with Crippen molar-refractivity contribution in [1.82, 2.24) is 15.1 Å². The Balaban J connectivity index is 1.28. The Bertz CT molecular complexity index is 1740. The maximum atomic E-state index is 12.9. The van der Waals surface area contributed by atoms with Crippen LogP contribution in [0.1, 0.15) is 36.5 Å². The first-order chi connectivity index (χ1) is 26.9. The lowest BCUT2D eigenvalue weighted by Crippen LogP contribution is -2.44. The number of anilines is 2. The van der Waals surface area contributed by atoms with Crippen LogP contribution in [0.2, 0.25) is 0 Å². The minimum atomic E-state index is -0.621. The number of carbonyl (C=O) groups excluding carboxylic acids is 2. The van der Waals surface area contributed by atoms with Crippen molar-refractivity contribution < 1.29 is 14.2 Å². The van der Waals surface area contributed by atoms with E-state index < -0.39 is 12.1 Å². The van der Waals surface area contributed by atoms with Crippen LogP contribution >= 0.6 is 21.6 Å². The van der Waals surface area contributed by atoms with Crippen LogP contribution in [-0.4, -0.2) is 107 Å². The molecule has 0 aliphatic heterocycles. The lowest BCUT2D eigenvalue weighted by molar-refractivity contribution is -0.671. The van der Waals surface area contributed by atoms with Crippen molar-refractivity contribution in [3.05, 3.63) is 120 Å². The van der Waals surface area contributed by atoms with Crippen LogP contribution in [0.5, 0.6) is 0 Å². The molecule has 1 heterocycles. The SMILES string of the molecule is C/C=C(\C=C/NC)/C=C/c1ccc(N(C)CCCN(C)C(=O)C(N)CSSCC(N)C(=O)N(C)CCCN(C)c2ccc(/C=C/c3cc[n+](C)cc3)cc2)cc1. The molecule has 1 aromatic heterocycles. The number of rotatable bonds is 23. The van der Waals surface area contributed by atoms with Crippen LogP contribution in [0.25, 0.3) is 18.2 Å². The van der Waals surface area contributed by atoms with Gasteiger partial charge in [-0.3, -0.25) is 9.59 Å². The third kappa shape index (κ3) is 16.3. The van der Waals surface area contributed by atoms with Crippen molar-refractivity contribution in [2.75, 3.05) is 82.7 Å². The zero-order valence-corrected chi connectivity index (χ0v) is 35.9. The predicted octanol–water partition coefficient (Wildman–Crippen LogP) is 5.68. The van der Waals surface area contributed by atoms with E-state index in [1.165, 1.54) is 21.6 Å². The fourth-order valence-corrected chi connectivity index (χ4v) is 7.86. The Morgan fingerprint density at radius 1 is 0.679 bits per heavy atom. The number of aryl methyl sites for hydroxylation is 1. The summed E-state index contributed by atoms with van der Waals surface area (Å²) in [4.78, 5) is 33.7. The number of benzene rings is 2. The number of carbonyl (C=O) groups is 2. The van der Waals surface area contributed by atoms with Crippen molar-refractivity contribution in [3.63, 3.8) is 0 Å². The second kappa shape index (κ2) is 24.9. The molecule has 0 spiro atoms. The largest absolute Gasteiger partial charge is 0.394 e. The smallest absolute Gasteiger partial charge is 0.240 e. The Kier molecular flexibility index (Phi) is 20.4. The summed E-state index contributed by atoms with van der Waals surface area (Å²) in [6, 6.07) is 19.8. The summed E-state index contributed by atoms with van der Waals surface area (Å²) >= 11 is 0. The highest BCUT2D eigenvalue weighted by Gasteiger charge is 2.21. The average molecular weight is 800 g/mol. The van der Waals surface area contributed by atoms with Gasteiger partial charge < -0.3 is 36.4 Å². The van der Waals surface area contributed by atoms with Crippen LogP contribution in [0, 0.1) is 0 Å². The van der Waals surface area contributed by atoms with Gasteiger partial charge in [0.25, 0.3) is 0 Å². The van der Waals surface area contributed by atoms with E-state index in [4.69, 9.17) is 11.5 Å². The number of hydrogen-bond acceptors (Lipinski definition) is 9. The predicted molar refractivity (Wildman–Crippen MR) is 242 cm³/mol. The van der Waals surface area contributed by atoms with Crippen LogP contribution in [0.15, 0.2) is 103 Å². The Morgan fingerprint density at radius 2 is 1.11 bits per heavy atom. The standard InChI is InChI=1S/C44H63N8O2S2/c1-8-35(23-26-47-2)11-12-36-15-19-39(20-16-36)49(4)27-9-29-51(6)43(53)41(45)33-55-56-34-42(46)44(54)52(7)30-10-28-50(5)40-21-17-37(18-22-40)13-14-38-24-31-48(3)32-25-38/h8,11-26,31-32,41-42,47H,9-10,27-30,33-34,45-46H2,1-7H3/q+1/b12-11+,26-23-,35-8-. The minimum Gasteiger partial charge on any atom is -0.394 e. The molecule has 0 saturated carbocycles. The molecule has 0 bridgehead atoms. The van der Waals surface area contributed by atoms with Crippen molar-refractivity contribution >= 4 is 63.0 Å². The fourth-order valence-electron chi connectivity index (χ4n) is 5.64. The third-order valence-electron chi connectivity index (χ3n) is 9.32. The van der Waals surface area contributed by atoms with Crippen molar-refractivity contribution in [3.8, 4) is 0 Å². The van der Waals surface area contributed by atoms with E-state index in [-0.39, 0.29) is 11.8 Å². The van der Waals surface area contributed by atoms with E-state index in [2.05, 4.69) is 120 Å². The molecule has 10 nitrogen and oxygen atoms in total. The third-order valence-corrected chi connectivity index (χ3v) is 11.8. The van der Waals surface area contributed by atoms with Gasteiger partial charge in [0.2, 0.25) is 11.8 Å². The van der Waals surface area contributed by atoms with E-state index >= 15 is 0 Å². The summed E-state index contributed by atoms with van der Waals surface area (Å²) in [6.07, 6.45) is 20.1. The molecule has 56 heavy (non-hydrogen) atoms. The summed E-state index contributed by atoms with van der Waals surface area (Å²) in [5.41, 5.74) is 19.3. The van der Waals surface area contributed by atoms with Gasteiger partial charge in [-0.25, -0.2) is 4.57 Å². The number of allylic oxidation sites excluding steroid dienone is 4. The first-order valence-corrected chi connectivity index (χ1v) is 21.6. The van der Waals surface area contributed by atoms with Crippen molar-refractivity contribution in [2.24, 2.45) is 18.5 Å². The van der Waals surface area contributed by atoms with E-state index in [9.17, 15) is 9.59 Å². The summed E-state index contributed by atoms with van der Waals surface area (Å²) < 4.78 is 2.02. The highest BCUT2D eigenvalue weighted by atomic mass is 33.1. The summed E-state index contributed by atoms with van der Waals surface area (Å²) in [6.45, 7) is 4.87. The van der Waals surface area contributed by atoms with Gasteiger partial charge in [0.05, 0.1) is 12.1 Å². The molecule has 2 unspecified atom stereocenters. The average Bonchev–Trinajstić information content (AvgIpc) is 3.21. The van der Waals surface area contributed by atoms with E-state index in [0.717, 1.165) is 59.6 Å². The number of amides is 2. The number of nitrogens with zero attached hydrogens (tertiary/aromatic N) is 5. The number of hydrogen-bond donors (Lipinski definition) is 3. The molecule has 12 heteroatoms. The number of aromatic nitrogens is 1. The second-order valence-corrected chi connectivity index (χ2v) is 16.5. The Hall–Kier alpha value is -4.49. The molecule has 5 N–H and O–H groups in total. The van der Waals surface area contributed by atoms with E-state index in [0.29, 0.717) is 24.6 Å². The highest BCUT2D eigenvalue weighted by molar-refractivity contribution is 8.76. The molecule has 0 radical (unpaired) electrons. The first kappa shape index (κ1) is 45.9. The molecule has 2 atom stereocenters. The molecule has 3 rings (SSSR count). The van der Waals surface area contributed by atoms with Crippen LogP contribution in [0.4, 0.5) is 11.4 Å². The molecule has 302 valence electrons. The number of nitrogens with two attached hydrogens (primary N) is 2. The number of pyridine rings is 1. The van der Waals surface area contributed by atoms with Gasteiger partial charge in [0.1, 0.15) is 7.05 Å². The van der Waals surface area contributed by atoms with Crippen molar-refractivity contribution in [2.45, 2.75) is 31.8 Å². The monoisotopic (exact) mass is 799 g/mol. The van der Waals surface area contributed by atoms with E-state index in [1.54, 1.807) is 23.9 Å². The lowest BCUT2D eigenvalue weighted by atomic mass is 10.1. The van der Waals surface area contributed by atoms with Crippen LogP contribution in [0.3, 0.4) is 0 Å². The topological polar surface area (TPSA) is 115 Å². The molecule has 3 aromatic rings. The van der Waals surface area contributed by atoms with Crippen molar-refractivity contribution in [1.29, 1.82) is 0 Å². The zero-order chi connectivity index (χ0) is 40.9. The summed E-state index contributed by atoms with van der Waals surface area (Å²) in [7, 11) is 14.6. The molecular weight excluding hydrogens is 737 g/mol. The van der Waals surface area contributed by atoms with Crippen LogP contribution < -0.4 is 31.2 Å². The quantitative estimate of drug-likeness (QED) is 0.0483. The molecule has 0 saturated heterocycles. The molecule has 0 fully saturated rings. The second-order valence-electron chi connectivity index (χ2n) is 13.9. The fraction of sp³-hybridized carbons (Fsp3) is 0.386. The van der Waals surface area contributed by atoms with Gasteiger partial charge in [0.15, 0.2) is 12.4 Å². The van der Waals surface area contributed by atoms with Gasteiger partial charge in [-0.05, 0) is 78.6 Å². The number of likely N-dealkylation sites (N-methyl/N-ethyl adjacent to an activating group) is 2. The molecule has 0 aliphatic rings. The summed E-state index contributed by atoms with van der Waals surface area (Å²) in [5.74, 6) is 0.723. The van der Waals surface area contributed by atoms with Gasteiger partial charge in [-0.1, -0.05) is 76.2 Å². The minimum absolute atomic E-state index is 0.0849. The van der Waals surface area contributed by atoms with Crippen LogP contribution in [-0.2, 0) is 16.6 Å². The Labute approximate surface area is 343 Å². The van der Waals surface area contributed by atoms with Gasteiger partial charge >= 0.3 is 0 Å². The Morgan fingerprint density at radius 3 is 1.54 bits per heavy atom. The summed E-state index contributed by atoms with van der Waals surface area (Å²) in [5, 5.41) is 3.01. The van der Waals surface area contributed by atoms with Gasteiger partial charge in [0, 0.05) is 96.4 Å². The zero-order valence-electron chi connectivity index (χ0n) is 34.3. The number of nitrogens with one attached hydrogen (secondary N) is 1.